The van der Waals surface area contributed by atoms with Gasteiger partial charge in [0.2, 0.25) is 0 Å². The molecule has 5 heteroatoms. The summed E-state index contributed by atoms with van der Waals surface area (Å²) in [5.41, 5.74) is 16.1. The van der Waals surface area contributed by atoms with E-state index in [4.69, 9.17) is 4.74 Å². The van der Waals surface area contributed by atoms with Gasteiger partial charge in [0.05, 0.1) is 0 Å². The third-order valence-corrected chi connectivity index (χ3v) is 24.1. The van der Waals surface area contributed by atoms with Crippen molar-refractivity contribution in [2.45, 2.75) is 105 Å². The van der Waals surface area contributed by atoms with Crippen molar-refractivity contribution >= 4 is 87.5 Å². The van der Waals surface area contributed by atoms with Crippen molar-refractivity contribution in [3.63, 3.8) is 0 Å². The Hall–Kier alpha value is -5.38. The van der Waals surface area contributed by atoms with Gasteiger partial charge >= 0.3 is 384 Å². The Morgan fingerprint density at radius 1 is 0.365 bits per heavy atom. The molecular formula is C58H58BiN3O. The van der Waals surface area contributed by atoms with E-state index in [2.05, 4.69) is 231 Å². The van der Waals surface area contributed by atoms with Crippen LogP contribution in [0.1, 0.15) is 105 Å². The van der Waals surface area contributed by atoms with Crippen molar-refractivity contribution in [3.05, 3.63) is 156 Å². The Morgan fingerprint density at radius 2 is 0.730 bits per heavy atom. The van der Waals surface area contributed by atoms with Crippen LogP contribution in [0.3, 0.4) is 0 Å². The fourth-order valence-corrected chi connectivity index (χ4v) is 21.3. The molecule has 316 valence electrons. The molecule has 63 heavy (non-hydrogen) atoms. The summed E-state index contributed by atoms with van der Waals surface area (Å²) in [6, 6.07) is 51.5. The molecule has 0 atom stereocenters. The first-order chi connectivity index (χ1) is 29.8. The minimum atomic E-state index is -3.19. The molecule has 8 aromatic rings. The maximum absolute atomic E-state index is 7.39. The Kier molecular flexibility index (Phi) is 8.70. The van der Waals surface area contributed by atoms with Gasteiger partial charge in [0, 0.05) is 0 Å². The first kappa shape index (κ1) is 40.4. The van der Waals surface area contributed by atoms with Crippen LogP contribution in [0.4, 0.5) is 34.1 Å². The SMILES string of the molecule is CC(C)(C)c1ccc(N2c3cc(C(C)(C)C)cc4[c]3[Bi]3[c]5c(cc(C(C)(C)C)cc5N(c5ccc(C(C)(C)C)cc5)c5cc(-n6c7ccccc7c7ccccc76)cc2[c]53)O4)cc1. The van der Waals surface area contributed by atoms with Crippen LogP contribution < -0.4 is 24.4 Å². The Morgan fingerprint density at radius 3 is 1.11 bits per heavy atom. The number of ether oxygens (including phenoxy) is 1. The Balaban J connectivity index is 1.31. The normalized spacial score (nSPS) is 14.7. The molecule has 3 aliphatic rings. The molecule has 0 unspecified atom stereocenters. The average Bonchev–Trinajstić information content (AvgIpc) is 3.56. The van der Waals surface area contributed by atoms with Crippen molar-refractivity contribution < 1.29 is 4.74 Å². The number of para-hydroxylation sites is 2. The van der Waals surface area contributed by atoms with Crippen LogP contribution >= 0.6 is 0 Å². The molecule has 0 spiro atoms. The summed E-state index contributed by atoms with van der Waals surface area (Å²) >= 11 is -3.19. The molecular weight excluding hydrogens is 964 g/mol. The maximum atomic E-state index is 7.39. The molecule has 0 radical (unpaired) electrons. The molecule has 0 N–H and O–H groups in total. The van der Waals surface area contributed by atoms with Crippen molar-refractivity contribution in [3.8, 4) is 17.2 Å². The van der Waals surface area contributed by atoms with Crippen molar-refractivity contribution in [2.24, 2.45) is 0 Å². The predicted molar refractivity (Wildman–Crippen MR) is 270 cm³/mol. The van der Waals surface area contributed by atoms with E-state index in [1.165, 1.54) is 88.0 Å². The summed E-state index contributed by atoms with van der Waals surface area (Å²) in [5, 5.41) is 2.53. The van der Waals surface area contributed by atoms with Crippen molar-refractivity contribution in [2.75, 3.05) is 9.80 Å². The van der Waals surface area contributed by atoms with Gasteiger partial charge < -0.3 is 0 Å². The topological polar surface area (TPSA) is 20.6 Å². The molecule has 4 heterocycles. The van der Waals surface area contributed by atoms with E-state index in [9.17, 15) is 0 Å². The van der Waals surface area contributed by atoms with Crippen LogP contribution in [0.5, 0.6) is 11.5 Å². The predicted octanol–water partition coefficient (Wildman–Crippen LogP) is 14.2. The summed E-state index contributed by atoms with van der Waals surface area (Å²) in [6.07, 6.45) is 0. The fourth-order valence-electron chi connectivity index (χ4n) is 9.98. The van der Waals surface area contributed by atoms with Gasteiger partial charge in [0.25, 0.3) is 0 Å². The number of hydrogen-bond acceptors (Lipinski definition) is 3. The average molecular weight is 1020 g/mol. The second-order valence-corrected chi connectivity index (χ2v) is 29.9. The standard InChI is InChI=1S/C58H58N3O.Bi/c1-55(2,3)38-21-25-42(26-22-38)59-44-29-40(57(7,8)9)31-49(36-44)62-50-32-41(58(10,11)12)30-45(37-50)60(43-27-23-39(24-28-43)56(4,5)6)47-33-46(59)34-48(35-47)61-53-19-15-13-17-51(53)52-18-14-16-20-54(52)61;/h13-32,34-35H,1-12H3;. The molecule has 1 aromatic heterocycles. The summed E-state index contributed by atoms with van der Waals surface area (Å²) in [4.78, 5) is 5.21. The zero-order valence-corrected chi connectivity index (χ0v) is 42.4. The van der Waals surface area contributed by atoms with Crippen molar-refractivity contribution in [1.82, 2.24) is 4.57 Å². The second-order valence-electron chi connectivity index (χ2n) is 22.1. The van der Waals surface area contributed by atoms with E-state index in [-0.39, 0.29) is 21.7 Å². The quantitative estimate of drug-likeness (QED) is 0.165. The number of aromatic nitrogens is 1. The number of benzene rings is 7. The van der Waals surface area contributed by atoms with Crippen LogP contribution in [-0.4, -0.2) is 26.3 Å². The Labute approximate surface area is 381 Å². The van der Waals surface area contributed by atoms with Crippen LogP contribution in [0.25, 0.3) is 27.5 Å². The van der Waals surface area contributed by atoms with Gasteiger partial charge in [-0.25, -0.2) is 0 Å². The fraction of sp³-hybridized carbons (Fsp3) is 0.276. The molecule has 0 saturated carbocycles. The zero-order valence-electron chi connectivity index (χ0n) is 38.9. The number of hydrogen-bond donors (Lipinski definition) is 0. The molecule has 0 fully saturated rings. The van der Waals surface area contributed by atoms with Gasteiger partial charge in [-0.2, -0.15) is 0 Å². The number of anilines is 6. The first-order valence-electron chi connectivity index (χ1n) is 22.6. The zero-order chi connectivity index (χ0) is 44.1. The number of nitrogens with zero attached hydrogens (tertiary/aromatic N) is 3. The molecule has 0 bridgehead atoms. The van der Waals surface area contributed by atoms with Crippen LogP contribution in [0.2, 0.25) is 0 Å². The number of fused-ring (bicyclic) bond motifs is 3. The monoisotopic (exact) mass is 1020 g/mol. The Bertz CT molecular complexity index is 2970. The second kappa shape index (κ2) is 13.6. The molecule has 11 rings (SSSR count). The van der Waals surface area contributed by atoms with Crippen LogP contribution in [0, 0.1) is 0 Å². The van der Waals surface area contributed by atoms with E-state index in [0.29, 0.717) is 0 Å². The van der Waals surface area contributed by atoms with E-state index in [0.717, 1.165) is 17.2 Å². The first-order valence-corrected chi connectivity index (χ1v) is 27.8. The van der Waals surface area contributed by atoms with Crippen molar-refractivity contribution in [1.29, 1.82) is 0 Å². The summed E-state index contributed by atoms with van der Waals surface area (Å²) in [7, 11) is 0. The number of rotatable bonds is 3. The van der Waals surface area contributed by atoms with Crippen LogP contribution in [0.15, 0.2) is 133 Å². The molecule has 3 aliphatic heterocycles. The molecule has 0 saturated heterocycles. The van der Waals surface area contributed by atoms with E-state index >= 15 is 0 Å². The molecule has 0 amide bonds. The summed E-state index contributed by atoms with van der Waals surface area (Å²) < 4.78 is 14.3. The minimum absolute atomic E-state index is 0.0332. The van der Waals surface area contributed by atoms with E-state index in [1.807, 2.05) is 0 Å². The third kappa shape index (κ3) is 6.23. The molecule has 0 aliphatic carbocycles. The summed E-state index contributed by atoms with van der Waals surface area (Å²) in [5.74, 6) is 2.09. The van der Waals surface area contributed by atoms with Gasteiger partial charge in [-0.3, -0.25) is 0 Å². The summed E-state index contributed by atoms with van der Waals surface area (Å²) in [6.45, 7) is 27.8. The van der Waals surface area contributed by atoms with Gasteiger partial charge in [0.1, 0.15) is 0 Å². The van der Waals surface area contributed by atoms with Gasteiger partial charge in [-0.15, -0.1) is 0 Å². The van der Waals surface area contributed by atoms with Gasteiger partial charge in [-0.05, 0) is 0 Å². The third-order valence-electron chi connectivity index (χ3n) is 13.6. The van der Waals surface area contributed by atoms with Crippen LogP contribution in [-0.2, 0) is 21.7 Å². The van der Waals surface area contributed by atoms with E-state index in [1.54, 1.807) is 0 Å². The van der Waals surface area contributed by atoms with Gasteiger partial charge in [-0.1, -0.05) is 0 Å². The molecule has 7 aromatic carbocycles. The molecule has 4 nitrogen and oxygen atoms in total. The van der Waals surface area contributed by atoms with E-state index < -0.39 is 21.8 Å². The van der Waals surface area contributed by atoms with Gasteiger partial charge in [0.15, 0.2) is 0 Å².